The molecule has 4 heteroatoms. The van der Waals surface area contributed by atoms with Crippen molar-refractivity contribution in [3.8, 4) is 0 Å². The summed E-state index contributed by atoms with van der Waals surface area (Å²) in [4.78, 5) is 4.88. The van der Waals surface area contributed by atoms with Gasteiger partial charge in [-0.25, -0.2) is 0 Å². The summed E-state index contributed by atoms with van der Waals surface area (Å²) in [6.45, 7) is 9.70. The topological polar surface area (TPSA) is 32.5 Å². The summed E-state index contributed by atoms with van der Waals surface area (Å²) in [5, 5.41) is 0.850. The molecule has 0 amide bonds. The third kappa shape index (κ3) is 3.62. The van der Waals surface area contributed by atoms with Crippen LogP contribution in [0.2, 0.25) is 5.02 Å². The molecule has 1 aromatic rings. The second-order valence-electron chi connectivity index (χ2n) is 5.35. The van der Waals surface area contributed by atoms with Crippen LogP contribution in [0.3, 0.4) is 0 Å². The van der Waals surface area contributed by atoms with E-state index >= 15 is 0 Å². The van der Waals surface area contributed by atoms with E-state index in [0.717, 1.165) is 44.2 Å². The van der Waals surface area contributed by atoms with Gasteiger partial charge in [-0.2, -0.15) is 0 Å². The Bertz CT molecular complexity index is 412. The van der Waals surface area contributed by atoms with E-state index in [-0.39, 0.29) is 6.04 Å². The third-order valence-electron chi connectivity index (χ3n) is 3.75. The molecule has 3 nitrogen and oxygen atoms in total. The molecule has 106 valence electrons. The molecular formula is C15H24ClN3. The predicted octanol–water partition coefficient (Wildman–Crippen LogP) is 2.37. The highest BCUT2D eigenvalue weighted by molar-refractivity contribution is 6.33. The van der Waals surface area contributed by atoms with Gasteiger partial charge in [-0.05, 0) is 31.5 Å². The molecule has 0 spiro atoms. The van der Waals surface area contributed by atoms with Crippen LogP contribution >= 0.6 is 11.6 Å². The van der Waals surface area contributed by atoms with Crippen LogP contribution in [0.5, 0.6) is 0 Å². The molecule has 2 N–H and O–H groups in total. The van der Waals surface area contributed by atoms with Gasteiger partial charge >= 0.3 is 0 Å². The molecule has 1 atom stereocenters. The van der Waals surface area contributed by atoms with Crippen LogP contribution in [0.25, 0.3) is 0 Å². The Morgan fingerprint density at radius 2 is 1.95 bits per heavy atom. The zero-order chi connectivity index (χ0) is 13.8. The Morgan fingerprint density at radius 3 is 2.53 bits per heavy atom. The van der Waals surface area contributed by atoms with Crippen molar-refractivity contribution < 1.29 is 0 Å². The lowest BCUT2D eigenvalue weighted by Gasteiger charge is -2.37. The second kappa shape index (κ2) is 6.60. The minimum absolute atomic E-state index is 0.161. The molecule has 0 saturated carbocycles. The first-order chi connectivity index (χ1) is 9.11. The summed E-state index contributed by atoms with van der Waals surface area (Å²) in [5.74, 6) is 0. The summed E-state index contributed by atoms with van der Waals surface area (Å²) in [5.41, 5.74) is 8.41. The predicted molar refractivity (Wildman–Crippen MR) is 83.1 cm³/mol. The molecule has 1 aliphatic heterocycles. The number of piperazine rings is 1. The Kier molecular flexibility index (Phi) is 5.08. The largest absolute Gasteiger partial charge is 0.368 e. The number of anilines is 1. The minimum Gasteiger partial charge on any atom is -0.368 e. The van der Waals surface area contributed by atoms with Crippen LogP contribution in [-0.2, 0) is 6.42 Å². The van der Waals surface area contributed by atoms with E-state index in [0.29, 0.717) is 0 Å². The highest BCUT2D eigenvalue weighted by Crippen LogP contribution is 2.31. The van der Waals surface area contributed by atoms with Crippen LogP contribution in [0, 0.1) is 0 Å². The van der Waals surface area contributed by atoms with E-state index in [1.165, 1.54) is 11.3 Å². The van der Waals surface area contributed by atoms with Crippen molar-refractivity contribution in [2.45, 2.75) is 26.3 Å². The lowest BCUT2D eigenvalue weighted by Crippen LogP contribution is -2.46. The molecule has 1 fully saturated rings. The molecule has 1 heterocycles. The fourth-order valence-corrected chi connectivity index (χ4v) is 3.03. The Balaban J connectivity index is 2.19. The highest BCUT2D eigenvalue weighted by Gasteiger charge is 2.20. The van der Waals surface area contributed by atoms with Crippen LogP contribution in [-0.4, -0.2) is 43.7 Å². The molecule has 1 unspecified atom stereocenters. The normalized spacial score (nSPS) is 18.6. The molecule has 19 heavy (non-hydrogen) atoms. The zero-order valence-corrected chi connectivity index (χ0v) is 12.7. The van der Waals surface area contributed by atoms with Gasteiger partial charge in [0.2, 0.25) is 0 Å². The highest BCUT2D eigenvalue weighted by atomic mass is 35.5. The molecule has 0 radical (unpaired) electrons. The average molecular weight is 282 g/mol. The van der Waals surface area contributed by atoms with E-state index in [1.54, 1.807) is 0 Å². The maximum atomic E-state index is 6.42. The molecule has 0 bridgehead atoms. The standard InChI is InChI=1S/C15H24ClN3/c1-3-18-7-9-19(10-8-18)15-13(11-12(2)17)5-4-6-14(15)16/h4-6,12H,3,7-11,17H2,1-2H3. The molecule has 1 aliphatic rings. The monoisotopic (exact) mass is 281 g/mol. The van der Waals surface area contributed by atoms with Gasteiger partial charge in [-0.1, -0.05) is 30.7 Å². The third-order valence-corrected chi connectivity index (χ3v) is 4.05. The van der Waals surface area contributed by atoms with Gasteiger partial charge in [0, 0.05) is 32.2 Å². The van der Waals surface area contributed by atoms with E-state index in [9.17, 15) is 0 Å². The van der Waals surface area contributed by atoms with Crippen molar-refractivity contribution >= 4 is 17.3 Å². The lowest BCUT2D eigenvalue weighted by atomic mass is 10.0. The zero-order valence-electron chi connectivity index (χ0n) is 11.9. The molecule has 1 aromatic carbocycles. The van der Waals surface area contributed by atoms with E-state index in [1.807, 2.05) is 19.1 Å². The van der Waals surface area contributed by atoms with Gasteiger partial charge in [0.1, 0.15) is 0 Å². The summed E-state index contributed by atoms with van der Waals surface area (Å²) < 4.78 is 0. The number of benzene rings is 1. The van der Waals surface area contributed by atoms with E-state index < -0.39 is 0 Å². The number of rotatable bonds is 4. The first-order valence-corrected chi connectivity index (χ1v) is 7.50. The number of likely N-dealkylation sites (N-methyl/N-ethyl adjacent to an activating group) is 1. The first kappa shape index (κ1) is 14.6. The lowest BCUT2D eigenvalue weighted by molar-refractivity contribution is 0.271. The summed E-state index contributed by atoms with van der Waals surface area (Å²) in [7, 11) is 0. The average Bonchev–Trinajstić information content (AvgIpc) is 2.38. The van der Waals surface area contributed by atoms with E-state index in [2.05, 4.69) is 22.8 Å². The summed E-state index contributed by atoms with van der Waals surface area (Å²) >= 11 is 6.42. The second-order valence-corrected chi connectivity index (χ2v) is 5.76. The van der Waals surface area contributed by atoms with Crippen molar-refractivity contribution in [3.05, 3.63) is 28.8 Å². The Hall–Kier alpha value is -0.770. The van der Waals surface area contributed by atoms with Crippen LogP contribution < -0.4 is 10.6 Å². The number of hydrogen-bond acceptors (Lipinski definition) is 3. The molecule has 0 aromatic heterocycles. The fraction of sp³-hybridized carbons (Fsp3) is 0.600. The maximum absolute atomic E-state index is 6.42. The van der Waals surface area contributed by atoms with Crippen molar-refractivity contribution in [2.75, 3.05) is 37.6 Å². The van der Waals surface area contributed by atoms with Crippen molar-refractivity contribution in [1.82, 2.24) is 4.90 Å². The van der Waals surface area contributed by atoms with Gasteiger partial charge in [-0.3, -0.25) is 0 Å². The van der Waals surface area contributed by atoms with Crippen molar-refractivity contribution in [1.29, 1.82) is 0 Å². The van der Waals surface area contributed by atoms with Gasteiger partial charge in [-0.15, -0.1) is 0 Å². The number of hydrogen-bond donors (Lipinski definition) is 1. The summed E-state index contributed by atoms with van der Waals surface area (Å²) in [6, 6.07) is 6.31. The number of nitrogens with zero attached hydrogens (tertiary/aromatic N) is 2. The van der Waals surface area contributed by atoms with Gasteiger partial charge < -0.3 is 15.5 Å². The van der Waals surface area contributed by atoms with Gasteiger partial charge in [0.05, 0.1) is 10.7 Å². The molecule has 2 rings (SSSR count). The summed E-state index contributed by atoms with van der Waals surface area (Å²) in [6.07, 6.45) is 0.879. The van der Waals surface area contributed by atoms with Crippen molar-refractivity contribution in [3.63, 3.8) is 0 Å². The van der Waals surface area contributed by atoms with Crippen LogP contribution in [0.1, 0.15) is 19.4 Å². The van der Waals surface area contributed by atoms with Crippen LogP contribution in [0.4, 0.5) is 5.69 Å². The first-order valence-electron chi connectivity index (χ1n) is 7.12. The maximum Gasteiger partial charge on any atom is 0.0642 e. The Morgan fingerprint density at radius 1 is 1.26 bits per heavy atom. The SMILES string of the molecule is CCN1CCN(c2c(Cl)cccc2CC(C)N)CC1. The van der Waals surface area contributed by atoms with Crippen LogP contribution in [0.15, 0.2) is 18.2 Å². The van der Waals surface area contributed by atoms with E-state index in [4.69, 9.17) is 17.3 Å². The minimum atomic E-state index is 0.161. The fourth-order valence-electron chi connectivity index (χ4n) is 2.71. The number of para-hydroxylation sites is 1. The number of nitrogens with two attached hydrogens (primary N) is 1. The van der Waals surface area contributed by atoms with Crippen molar-refractivity contribution in [2.24, 2.45) is 5.73 Å². The molecule has 1 saturated heterocycles. The quantitative estimate of drug-likeness (QED) is 0.920. The molecule has 0 aliphatic carbocycles. The van der Waals surface area contributed by atoms with Gasteiger partial charge in [0.25, 0.3) is 0 Å². The van der Waals surface area contributed by atoms with Gasteiger partial charge in [0.15, 0.2) is 0 Å². The smallest absolute Gasteiger partial charge is 0.0642 e. The molecular weight excluding hydrogens is 258 g/mol. The Labute approximate surface area is 121 Å². The number of halogens is 1.